The van der Waals surface area contributed by atoms with Crippen molar-refractivity contribution in [2.75, 3.05) is 26.2 Å². The molecule has 0 aromatic rings. The molecular formula is C18H16Mo2N18O2Os-14. The van der Waals surface area contributed by atoms with Crippen molar-refractivity contribution in [3.8, 4) is 0 Å². The van der Waals surface area contributed by atoms with Crippen LogP contribution < -0.4 is 22.9 Å². The molecule has 0 saturated carbocycles. The van der Waals surface area contributed by atoms with Crippen LogP contribution >= 0.6 is 0 Å². The normalized spacial score (nSPS) is 2.15. The van der Waals surface area contributed by atoms with Gasteiger partial charge in [0.1, 0.15) is 0 Å². The van der Waals surface area contributed by atoms with E-state index in [0.717, 1.165) is 0 Å². The third kappa shape index (κ3) is 3250. The van der Waals surface area contributed by atoms with Gasteiger partial charge in [0.05, 0.1) is 0 Å². The van der Waals surface area contributed by atoms with Gasteiger partial charge >= 0.3 is 19.8 Å². The van der Waals surface area contributed by atoms with Crippen molar-refractivity contribution >= 4 is 0 Å². The van der Waals surface area contributed by atoms with E-state index >= 15 is 0 Å². The predicted molar refractivity (Wildman–Crippen MR) is 107 cm³/mol. The molecule has 41 heavy (non-hydrogen) atoms. The van der Waals surface area contributed by atoms with Crippen molar-refractivity contribution in [3.05, 3.63) is 92.0 Å². The molecule has 0 rings (SSSR count). The summed E-state index contributed by atoms with van der Waals surface area (Å²) in [5.74, 6) is 0. The van der Waals surface area contributed by atoms with Crippen LogP contribution in [-0.4, -0.2) is 26.2 Å². The third-order valence-corrected chi connectivity index (χ3v) is 0.333. The Morgan fingerprint density at radius 3 is 0.268 bits per heavy atom. The van der Waals surface area contributed by atoms with Gasteiger partial charge in [-0.05, 0) is 0 Å². The predicted octanol–water partition coefficient (Wildman–Crippen LogP) is -1.09. The number of nitrogens with zero attached hydrogens (tertiary/aromatic N) is 14. The molecule has 0 spiro atoms. The quantitative estimate of drug-likeness (QED) is 0.189. The minimum Gasteiger partial charge on any atom is -2.00 e. The van der Waals surface area contributed by atoms with Crippen LogP contribution in [0.2, 0.25) is 0 Å². The van der Waals surface area contributed by atoms with Crippen LogP contribution in [0.5, 0.6) is 0 Å². The molecule has 0 bridgehead atoms. The summed E-state index contributed by atoms with van der Waals surface area (Å²) in [5, 5.41) is 87.5. The fourth-order valence-electron chi connectivity index (χ4n) is 0. The average Bonchev–Trinajstić information content (AvgIpc) is 3.10. The third-order valence-electron chi connectivity index (χ3n) is 0.333. The van der Waals surface area contributed by atoms with Gasteiger partial charge < -0.3 is 200 Å². The molecule has 0 aliphatic carbocycles. The van der Waals surface area contributed by atoms with Gasteiger partial charge in [-0.25, -0.2) is 0 Å². The maximum Gasteiger partial charge on any atom is 4.00 e. The van der Waals surface area contributed by atoms with Gasteiger partial charge in [-0.1, -0.05) is 0 Å². The van der Waals surface area contributed by atoms with Crippen molar-refractivity contribution in [1.82, 2.24) is 0 Å². The summed E-state index contributed by atoms with van der Waals surface area (Å²) in [5.41, 5.74) is 19.6. The Balaban J connectivity index is -0.00000000549. The molecule has 0 aromatic heterocycles. The molecular weight excluding hydrogens is 882 g/mol. The summed E-state index contributed by atoms with van der Waals surface area (Å²) in [6, 6.07) is 0. The Morgan fingerprint density at radius 1 is 0.244 bits per heavy atom. The molecule has 0 saturated heterocycles. The summed E-state index contributed by atoms with van der Waals surface area (Å²) in [4.78, 5) is 0. The van der Waals surface area contributed by atoms with E-state index in [0.29, 0.717) is 26.2 Å². The monoisotopic (exact) mass is 904 g/mol. The van der Waals surface area contributed by atoms with Crippen molar-refractivity contribution in [1.29, 1.82) is 73.7 Å². The van der Waals surface area contributed by atoms with Crippen LogP contribution in [0.3, 0.4) is 0 Å². The fourth-order valence-corrected chi connectivity index (χ4v) is 0. The first-order chi connectivity index (χ1) is 17.8. The first-order valence-electron chi connectivity index (χ1n) is 5.76. The average molecular weight is 899 g/mol. The summed E-state index contributed by atoms with van der Waals surface area (Å²) < 4.78 is 0. The van der Waals surface area contributed by atoms with Crippen LogP contribution in [-0.2, 0) is 72.9 Å². The van der Waals surface area contributed by atoms with Crippen molar-refractivity contribution < 1.29 is 72.9 Å². The topological polar surface area (TPSA) is 494 Å². The van der Waals surface area contributed by atoms with Gasteiger partial charge in [0, 0.05) is 68.3 Å². The molecule has 0 unspecified atom stereocenters. The molecule has 0 atom stereocenters. The zero-order valence-corrected chi connectivity index (χ0v) is 26.9. The van der Waals surface area contributed by atoms with Gasteiger partial charge in [-0.2, -0.15) is 0 Å². The maximum absolute atomic E-state index is 6.25. The minimum absolute atomic E-state index is 0. The van der Waals surface area contributed by atoms with E-state index in [2.05, 4.69) is 0 Å². The largest absolute Gasteiger partial charge is 4.00 e. The number of rotatable bonds is 2. The van der Waals surface area contributed by atoms with E-state index in [1.54, 1.807) is 0 Å². The Labute approximate surface area is 286 Å². The van der Waals surface area contributed by atoms with Gasteiger partial charge in [0.2, 0.25) is 0 Å². The van der Waals surface area contributed by atoms with Crippen LogP contribution in [0, 0.1) is 166 Å². The molecule has 0 aliphatic rings. The zero-order valence-electron chi connectivity index (χ0n) is 20.4. The van der Waals surface area contributed by atoms with E-state index in [4.69, 9.17) is 189 Å². The van der Waals surface area contributed by atoms with Crippen LogP contribution in [0.25, 0.3) is 0 Å². The van der Waals surface area contributed by atoms with Crippen LogP contribution in [0.1, 0.15) is 0 Å². The zero-order chi connectivity index (χ0) is 34.8. The molecule has 8 N–H and O–H groups in total. The summed E-state index contributed by atoms with van der Waals surface area (Å²) >= 11 is 0. The van der Waals surface area contributed by atoms with E-state index in [9.17, 15) is 0 Å². The Morgan fingerprint density at radius 2 is 0.268 bits per heavy atom. The van der Waals surface area contributed by atoms with Crippen molar-refractivity contribution in [2.24, 2.45) is 22.9 Å². The first-order valence-corrected chi connectivity index (χ1v) is 5.76. The Bertz CT molecular complexity index is 339. The SMILES string of the molecule is NCCN.NCCN.[C-]#N.[C-]#N.[C-]#N.[C-]#N.[C-]#N.[C-]#N.[C-]#N.[C-]#N.[C-]#N.[C-]#N.[C-]#N.[C-]#N.[C-]#N.[C-]#N.[Mo].[Mo].[O-2].[O-2].[Os+4]. The molecule has 224 valence electrons. The van der Waals surface area contributed by atoms with Crippen molar-refractivity contribution in [2.45, 2.75) is 0 Å². The molecule has 0 radical (unpaired) electrons. The van der Waals surface area contributed by atoms with E-state index in [-0.39, 0.29) is 72.9 Å². The van der Waals surface area contributed by atoms with E-state index in [1.165, 1.54) is 0 Å². The first kappa shape index (κ1) is 200. The maximum atomic E-state index is 6.25. The Kier molecular flexibility index (Phi) is 102000. The summed E-state index contributed by atoms with van der Waals surface area (Å²) in [6.07, 6.45) is 0. The van der Waals surface area contributed by atoms with Crippen LogP contribution in [0.15, 0.2) is 0 Å². The summed E-state index contributed by atoms with van der Waals surface area (Å²) in [6.45, 7) is 68.9. The van der Waals surface area contributed by atoms with Gasteiger partial charge in [-0.15, -0.1) is 0 Å². The fraction of sp³-hybridized carbons (Fsp3) is 0.222. The van der Waals surface area contributed by atoms with Gasteiger partial charge in [0.25, 0.3) is 0 Å². The molecule has 0 amide bonds. The molecule has 0 fully saturated rings. The van der Waals surface area contributed by atoms with Crippen LogP contribution in [0.4, 0.5) is 0 Å². The molecule has 0 heterocycles. The number of hydrogen-bond acceptors (Lipinski definition) is 18. The van der Waals surface area contributed by atoms with E-state index in [1.807, 2.05) is 0 Å². The van der Waals surface area contributed by atoms with E-state index < -0.39 is 0 Å². The molecule has 20 nitrogen and oxygen atoms in total. The van der Waals surface area contributed by atoms with Gasteiger partial charge in [0.15, 0.2) is 0 Å². The molecule has 0 aliphatic heterocycles. The minimum atomic E-state index is 0. The second kappa shape index (κ2) is 21000. The summed E-state index contributed by atoms with van der Waals surface area (Å²) in [7, 11) is 0. The number of nitrogens with two attached hydrogens (primary N) is 4. The van der Waals surface area contributed by atoms with Crippen molar-refractivity contribution in [3.63, 3.8) is 0 Å². The molecule has 23 heteroatoms. The smallest absolute Gasteiger partial charge is 2.00 e. The number of hydrogen-bond donors (Lipinski definition) is 4. The standard InChI is InChI=1S/2C2H8N2.14CN.2Mo.2O.Os/c2*3-1-2-4;14*1-2;;;;;/h2*1-4H2;;;;;;;;;;;;;;;;;;;/q;;14*-1;;;2*-2;+4. The second-order valence-electron chi connectivity index (χ2n) is 1.15. The Hall–Kier alpha value is -5.37. The molecule has 0 aromatic carbocycles. The van der Waals surface area contributed by atoms with Gasteiger partial charge in [-0.3, -0.25) is 0 Å². The second-order valence-corrected chi connectivity index (χ2v) is 1.15.